The zero-order valence-corrected chi connectivity index (χ0v) is 13.0. The zero-order chi connectivity index (χ0) is 14.5. The lowest BCUT2D eigenvalue weighted by Crippen LogP contribution is -2.40. The molecule has 1 aliphatic heterocycles. The van der Waals surface area contributed by atoms with Crippen LogP contribution in [0.25, 0.3) is 0 Å². The third-order valence-electron chi connectivity index (χ3n) is 3.87. The Balaban J connectivity index is 2.17. The summed E-state index contributed by atoms with van der Waals surface area (Å²) in [4.78, 5) is 13.2. The number of nitro benzene ring substituents is 1. The minimum Gasteiger partial charge on any atom is -0.330 e. The third-order valence-corrected chi connectivity index (χ3v) is 4.36. The van der Waals surface area contributed by atoms with Gasteiger partial charge in [0.15, 0.2) is 0 Å². The number of piperidine rings is 1. The van der Waals surface area contributed by atoms with Crippen LogP contribution in [-0.4, -0.2) is 29.0 Å². The fourth-order valence-electron chi connectivity index (χ4n) is 2.85. The molecule has 0 amide bonds. The van der Waals surface area contributed by atoms with Gasteiger partial charge < -0.3 is 5.73 Å². The van der Waals surface area contributed by atoms with Crippen molar-refractivity contribution in [1.29, 1.82) is 0 Å². The Morgan fingerprint density at radius 2 is 2.25 bits per heavy atom. The molecule has 5 nitrogen and oxygen atoms in total. The number of nitrogens with zero attached hydrogens (tertiary/aromatic N) is 2. The van der Waals surface area contributed by atoms with Crippen molar-refractivity contribution in [2.24, 2.45) is 5.73 Å². The van der Waals surface area contributed by atoms with Gasteiger partial charge in [-0.15, -0.1) is 0 Å². The van der Waals surface area contributed by atoms with E-state index in [0.29, 0.717) is 19.1 Å². The van der Waals surface area contributed by atoms with Crippen LogP contribution in [0.2, 0.25) is 0 Å². The molecule has 1 unspecified atom stereocenters. The van der Waals surface area contributed by atoms with Crippen molar-refractivity contribution in [2.75, 3.05) is 13.1 Å². The second-order valence-corrected chi connectivity index (χ2v) is 6.14. The van der Waals surface area contributed by atoms with E-state index in [1.165, 1.54) is 6.42 Å². The first-order valence-electron chi connectivity index (χ1n) is 6.98. The second-order valence-electron chi connectivity index (χ2n) is 5.23. The van der Waals surface area contributed by atoms with Crippen LogP contribution in [0.15, 0.2) is 22.7 Å². The van der Waals surface area contributed by atoms with E-state index in [9.17, 15) is 10.1 Å². The van der Waals surface area contributed by atoms with E-state index in [1.807, 2.05) is 12.1 Å². The molecule has 2 N–H and O–H groups in total. The van der Waals surface area contributed by atoms with E-state index in [4.69, 9.17) is 5.73 Å². The predicted molar refractivity (Wildman–Crippen MR) is 82.5 cm³/mol. The molecule has 1 fully saturated rings. The first kappa shape index (κ1) is 15.4. The van der Waals surface area contributed by atoms with Crippen molar-refractivity contribution in [3.63, 3.8) is 0 Å². The van der Waals surface area contributed by atoms with Crippen molar-refractivity contribution in [1.82, 2.24) is 4.90 Å². The fraction of sp³-hybridized carbons (Fsp3) is 0.571. The van der Waals surface area contributed by atoms with Crippen molar-refractivity contribution in [2.45, 2.75) is 38.3 Å². The molecular weight excluding hydrogens is 322 g/mol. The molecule has 1 atom stereocenters. The normalized spacial score (nSPS) is 20.0. The van der Waals surface area contributed by atoms with Gasteiger partial charge in [-0.25, -0.2) is 0 Å². The van der Waals surface area contributed by atoms with Gasteiger partial charge in [0, 0.05) is 28.7 Å². The zero-order valence-electron chi connectivity index (χ0n) is 11.4. The summed E-state index contributed by atoms with van der Waals surface area (Å²) in [6, 6.07) is 5.75. The molecule has 20 heavy (non-hydrogen) atoms. The van der Waals surface area contributed by atoms with Crippen molar-refractivity contribution >= 4 is 21.6 Å². The average molecular weight is 342 g/mol. The number of hydrogen-bond donors (Lipinski definition) is 1. The van der Waals surface area contributed by atoms with Crippen molar-refractivity contribution in [3.05, 3.63) is 38.3 Å². The van der Waals surface area contributed by atoms with Crippen LogP contribution in [0.5, 0.6) is 0 Å². The minimum atomic E-state index is -0.304. The van der Waals surface area contributed by atoms with Gasteiger partial charge in [-0.1, -0.05) is 22.4 Å². The first-order valence-corrected chi connectivity index (χ1v) is 7.78. The summed E-state index contributed by atoms with van der Waals surface area (Å²) in [5.74, 6) is 0. The van der Waals surface area contributed by atoms with Crippen LogP contribution in [0, 0.1) is 10.1 Å². The highest BCUT2D eigenvalue weighted by atomic mass is 79.9. The van der Waals surface area contributed by atoms with Gasteiger partial charge in [0.25, 0.3) is 5.69 Å². The predicted octanol–water partition coefficient (Wildman–Crippen LogP) is 3.06. The lowest BCUT2D eigenvalue weighted by molar-refractivity contribution is -0.385. The molecule has 0 saturated carbocycles. The van der Waals surface area contributed by atoms with E-state index in [0.717, 1.165) is 35.8 Å². The third kappa shape index (κ3) is 3.77. The first-order chi connectivity index (χ1) is 9.61. The molecule has 1 aliphatic rings. The average Bonchev–Trinajstić information content (AvgIpc) is 2.43. The minimum absolute atomic E-state index is 0.191. The Labute approximate surface area is 127 Å². The van der Waals surface area contributed by atoms with E-state index >= 15 is 0 Å². The number of nitrogens with two attached hydrogens (primary N) is 1. The van der Waals surface area contributed by atoms with Crippen LogP contribution in [-0.2, 0) is 6.54 Å². The summed E-state index contributed by atoms with van der Waals surface area (Å²) < 4.78 is 0.741. The summed E-state index contributed by atoms with van der Waals surface area (Å²) >= 11 is 3.29. The van der Waals surface area contributed by atoms with Gasteiger partial charge in [-0.3, -0.25) is 15.0 Å². The molecule has 1 aromatic rings. The summed E-state index contributed by atoms with van der Waals surface area (Å²) in [6.45, 7) is 2.30. The largest absolute Gasteiger partial charge is 0.330 e. The molecule has 0 aliphatic carbocycles. The fourth-order valence-corrected chi connectivity index (χ4v) is 3.20. The molecular formula is C14H20BrN3O2. The molecule has 0 bridgehead atoms. The van der Waals surface area contributed by atoms with Crippen LogP contribution in [0.4, 0.5) is 5.69 Å². The van der Waals surface area contributed by atoms with Crippen molar-refractivity contribution in [3.8, 4) is 0 Å². The smallest absolute Gasteiger partial charge is 0.275 e. The summed E-state index contributed by atoms with van der Waals surface area (Å²) in [6.07, 6.45) is 4.49. The number of halogens is 1. The van der Waals surface area contributed by atoms with E-state index in [2.05, 4.69) is 20.8 Å². The molecule has 1 heterocycles. The Morgan fingerprint density at radius 1 is 1.45 bits per heavy atom. The molecule has 110 valence electrons. The lowest BCUT2D eigenvalue weighted by atomic mass is 9.98. The lowest BCUT2D eigenvalue weighted by Gasteiger charge is -2.35. The highest BCUT2D eigenvalue weighted by Gasteiger charge is 2.24. The topological polar surface area (TPSA) is 72.4 Å². The Hall–Kier alpha value is -0.980. The highest BCUT2D eigenvalue weighted by molar-refractivity contribution is 9.10. The monoisotopic (exact) mass is 341 g/mol. The maximum Gasteiger partial charge on any atom is 0.275 e. The molecule has 0 radical (unpaired) electrons. The number of hydrogen-bond acceptors (Lipinski definition) is 4. The number of benzene rings is 1. The number of rotatable bonds is 5. The van der Waals surface area contributed by atoms with Crippen LogP contribution in [0.1, 0.15) is 31.2 Å². The Morgan fingerprint density at radius 3 is 2.95 bits per heavy atom. The summed E-state index contributed by atoms with van der Waals surface area (Å²) in [5.41, 5.74) is 6.64. The van der Waals surface area contributed by atoms with Gasteiger partial charge >= 0.3 is 0 Å². The van der Waals surface area contributed by atoms with Crippen LogP contribution >= 0.6 is 15.9 Å². The van der Waals surface area contributed by atoms with E-state index in [-0.39, 0.29) is 10.6 Å². The van der Waals surface area contributed by atoms with Gasteiger partial charge in [-0.2, -0.15) is 0 Å². The molecule has 6 heteroatoms. The SMILES string of the molecule is NCCC1CCCCN1Cc1ccc(Br)cc1[N+](=O)[O-]. The maximum atomic E-state index is 11.2. The van der Waals surface area contributed by atoms with Gasteiger partial charge in [0.05, 0.1) is 4.92 Å². The molecule has 0 aromatic heterocycles. The number of likely N-dealkylation sites (tertiary alicyclic amines) is 1. The Bertz CT molecular complexity index is 479. The Kier molecular flexibility index (Phi) is 5.51. The molecule has 1 saturated heterocycles. The molecule has 1 aromatic carbocycles. The summed E-state index contributed by atoms with van der Waals surface area (Å²) in [7, 11) is 0. The van der Waals surface area contributed by atoms with E-state index in [1.54, 1.807) is 6.07 Å². The van der Waals surface area contributed by atoms with Gasteiger partial charge in [0.1, 0.15) is 0 Å². The molecule has 2 rings (SSSR count). The quantitative estimate of drug-likeness (QED) is 0.659. The van der Waals surface area contributed by atoms with Crippen LogP contribution in [0.3, 0.4) is 0 Å². The molecule has 0 spiro atoms. The maximum absolute atomic E-state index is 11.2. The standard InChI is InChI=1S/C14H20BrN3O2/c15-12-5-4-11(14(9-12)18(19)20)10-17-8-2-1-3-13(17)6-7-16/h4-5,9,13H,1-3,6-8,10,16H2. The van der Waals surface area contributed by atoms with Crippen LogP contribution < -0.4 is 5.73 Å². The van der Waals surface area contributed by atoms with Gasteiger partial charge in [-0.05, 0) is 44.5 Å². The second kappa shape index (κ2) is 7.15. The summed E-state index contributed by atoms with van der Waals surface area (Å²) in [5, 5.41) is 11.2. The highest BCUT2D eigenvalue weighted by Crippen LogP contribution is 2.28. The number of nitro groups is 1. The van der Waals surface area contributed by atoms with E-state index < -0.39 is 0 Å². The van der Waals surface area contributed by atoms with Crippen molar-refractivity contribution < 1.29 is 4.92 Å². The van der Waals surface area contributed by atoms with Gasteiger partial charge in [0.2, 0.25) is 0 Å².